The third-order valence-electron chi connectivity index (χ3n) is 2.20. The van der Waals surface area contributed by atoms with E-state index < -0.39 is 4.33 Å². The summed E-state index contributed by atoms with van der Waals surface area (Å²) in [4.78, 5) is 12.6. The average molecular weight is 329 g/mol. The molecule has 6 heteroatoms. The lowest BCUT2D eigenvalue weighted by molar-refractivity contribution is -0.122. The summed E-state index contributed by atoms with van der Waals surface area (Å²) in [6.45, 7) is 0.537. The Balaban J connectivity index is 1.82. The third-order valence-corrected chi connectivity index (χ3v) is 4.73. The van der Waals surface area contributed by atoms with E-state index in [-0.39, 0.29) is 11.8 Å². The van der Waals surface area contributed by atoms with Gasteiger partial charge in [0.05, 0.1) is 12.5 Å². The normalized spacial score (nSPS) is 22.5. The highest BCUT2D eigenvalue weighted by Crippen LogP contribution is 2.53. The van der Waals surface area contributed by atoms with E-state index in [1.165, 1.54) is 0 Å². The van der Waals surface area contributed by atoms with E-state index in [2.05, 4.69) is 21.2 Å². The van der Waals surface area contributed by atoms with Crippen LogP contribution in [-0.4, -0.2) is 10.2 Å². The quantitative estimate of drug-likeness (QED) is 0.847. The minimum atomic E-state index is -0.833. The van der Waals surface area contributed by atoms with Crippen LogP contribution in [0, 0.1) is 5.92 Å². The maximum absolute atomic E-state index is 11.5. The molecular formula is C9H8BrCl2NOS. The number of amides is 1. The molecule has 1 aromatic heterocycles. The molecule has 82 valence electrons. The summed E-state index contributed by atoms with van der Waals surface area (Å²) in [5.74, 6) is -0.311. The van der Waals surface area contributed by atoms with Gasteiger partial charge in [-0.2, -0.15) is 0 Å². The van der Waals surface area contributed by atoms with Crippen LogP contribution in [0.15, 0.2) is 15.9 Å². The number of thiophene rings is 1. The fourth-order valence-electron chi connectivity index (χ4n) is 1.24. The zero-order valence-electron chi connectivity index (χ0n) is 7.60. The average Bonchev–Trinajstić information content (AvgIpc) is 2.59. The molecule has 0 aliphatic heterocycles. The molecule has 1 N–H and O–H groups in total. The maximum Gasteiger partial charge on any atom is 0.226 e. The summed E-state index contributed by atoms with van der Waals surface area (Å²) in [6, 6.07) is 1.98. The van der Waals surface area contributed by atoms with E-state index in [1.807, 2.05) is 11.4 Å². The number of rotatable bonds is 3. The van der Waals surface area contributed by atoms with Gasteiger partial charge in [0.1, 0.15) is 4.33 Å². The molecule has 15 heavy (non-hydrogen) atoms. The van der Waals surface area contributed by atoms with E-state index in [4.69, 9.17) is 23.2 Å². The van der Waals surface area contributed by atoms with E-state index in [0.29, 0.717) is 13.0 Å². The first-order chi connectivity index (χ1) is 6.99. The molecule has 1 aromatic rings. The largest absolute Gasteiger partial charge is 0.351 e. The first-order valence-corrected chi connectivity index (χ1v) is 6.80. The van der Waals surface area contributed by atoms with Crippen molar-refractivity contribution in [2.24, 2.45) is 5.92 Å². The topological polar surface area (TPSA) is 29.1 Å². The minimum absolute atomic E-state index is 0.0653. The second-order valence-corrected chi connectivity index (χ2v) is 6.92. The Labute approximate surface area is 110 Å². The first kappa shape index (κ1) is 11.7. The Bertz CT molecular complexity index is 393. The smallest absolute Gasteiger partial charge is 0.226 e. The monoisotopic (exact) mass is 327 g/mol. The van der Waals surface area contributed by atoms with Crippen LogP contribution < -0.4 is 5.32 Å². The number of hydrogen-bond donors (Lipinski definition) is 1. The van der Waals surface area contributed by atoms with Crippen molar-refractivity contribution in [2.45, 2.75) is 17.3 Å². The summed E-state index contributed by atoms with van der Waals surface area (Å²) in [5.41, 5.74) is 0. The Kier molecular flexibility index (Phi) is 3.31. The lowest BCUT2D eigenvalue weighted by Crippen LogP contribution is -2.25. The van der Waals surface area contributed by atoms with E-state index in [9.17, 15) is 4.79 Å². The molecule has 1 amide bonds. The van der Waals surface area contributed by atoms with Crippen molar-refractivity contribution in [3.63, 3.8) is 0 Å². The molecule has 2 nitrogen and oxygen atoms in total. The summed E-state index contributed by atoms with van der Waals surface area (Å²) >= 11 is 16.5. The molecular weight excluding hydrogens is 321 g/mol. The van der Waals surface area contributed by atoms with Crippen molar-refractivity contribution < 1.29 is 4.79 Å². The number of carbonyl (C=O) groups excluding carboxylic acids is 1. The van der Waals surface area contributed by atoms with Crippen molar-refractivity contribution >= 4 is 56.4 Å². The highest BCUT2D eigenvalue weighted by molar-refractivity contribution is 9.10. The number of hydrogen-bond acceptors (Lipinski definition) is 2. The Morgan fingerprint density at radius 1 is 1.73 bits per heavy atom. The number of carbonyl (C=O) groups is 1. The van der Waals surface area contributed by atoms with Crippen LogP contribution >= 0.6 is 50.5 Å². The van der Waals surface area contributed by atoms with Crippen LogP contribution in [-0.2, 0) is 11.3 Å². The van der Waals surface area contributed by atoms with Crippen molar-refractivity contribution in [3.8, 4) is 0 Å². The molecule has 0 spiro atoms. The van der Waals surface area contributed by atoms with E-state index >= 15 is 0 Å². The zero-order valence-corrected chi connectivity index (χ0v) is 11.5. The predicted octanol–water partition coefficient (Wildman–Crippen LogP) is 3.32. The number of halogens is 3. The third kappa shape index (κ3) is 2.87. The molecule has 1 heterocycles. The lowest BCUT2D eigenvalue weighted by Gasteiger charge is -2.02. The van der Waals surface area contributed by atoms with Crippen molar-refractivity contribution in [1.29, 1.82) is 0 Å². The van der Waals surface area contributed by atoms with Gasteiger partial charge >= 0.3 is 0 Å². The highest BCUT2D eigenvalue weighted by atomic mass is 79.9. The Morgan fingerprint density at radius 3 is 2.87 bits per heavy atom. The van der Waals surface area contributed by atoms with Gasteiger partial charge in [-0.25, -0.2) is 0 Å². The van der Waals surface area contributed by atoms with Crippen molar-refractivity contribution in [2.75, 3.05) is 0 Å². The van der Waals surface area contributed by atoms with Crippen molar-refractivity contribution in [3.05, 3.63) is 20.8 Å². The first-order valence-electron chi connectivity index (χ1n) is 4.37. The van der Waals surface area contributed by atoms with Crippen LogP contribution in [0.2, 0.25) is 0 Å². The zero-order chi connectivity index (χ0) is 11.1. The van der Waals surface area contributed by atoms with Gasteiger partial charge in [0.25, 0.3) is 0 Å². The maximum atomic E-state index is 11.5. The molecule has 1 aliphatic rings. The molecule has 1 saturated carbocycles. The van der Waals surface area contributed by atoms with Gasteiger partial charge in [-0.1, -0.05) is 0 Å². The minimum Gasteiger partial charge on any atom is -0.351 e. The molecule has 1 atom stereocenters. The van der Waals surface area contributed by atoms with Crippen LogP contribution in [0.3, 0.4) is 0 Å². The van der Waals surface area contributed by atoms with Gasteiger partial charge < -0.3 is 5.32 Å². The SMILES string of the molecule is O=C(NCc1cc(Br)cs1)C1CC1(Cl)Cl. The molecule has 0 bridgehead atoms. The number of alkyl halides is 2. The van der Waals surface area contributed by atoms with Crippen LogP contribution in [0.4, 0.5) is 0 Å². The van der Waals surface area contributed by atoms with Crippen LogP contribution in [0.5, 0.6) is 0 Å². The molecule has 1 aliphatic carbocycles. The van der Waals surface area contributed by atoms with Gasteiger partial charge in [-0.05, 0) is 28.4 Å². The second kappa shape index (κ2) is 4.24. The standard InChI is InChI=1S/C9H8BrCl2NOS/c10-5-1-6(15-4-5)3-13-8(14)7-2-9(7,11)12/h1,4,7H,2-3H2,(H,13,14). The second-order valence-electron chi connectivity index (χ2n) is 3.47. The summed E-state index contributed by atoms with van der Waals surface area (Å²) in [6.07, 6.45) is 0.552. The summed E-state index contributed by atoms with van der Waals surface area (Å²) < 4.78 is 0.201. The molecule has 1 unspecified atom stereocenters. The van der Waals surface area contributed by atoms with Gasteiger partial charge in [0.15, 0.2) is 0 Å². The Hall–Kier alpha value is 0.230. The molecule has 0 saturated heterocycles. The van der Waals surface area contributed by atoms with Crippen molar-refractivity contribution in [1.82, 2.24) is 5.32 Å². The van der Waals surface area contributed by atoms with Gasteiger partial charge in [0, 0.05) is 14.7 Å². The van der Waals surface area contributed by atoms with Gasteiger partial charge in [-0.15, -0.1) is 34.5 Å². The molecule has 0 aromatic carbocycles. The fraction of sp³-hybridized carbons (Fsp3) is 0.444. The van der Waals surface area contributed by atoms with E-state index in [0.717, 1.165) is 9.35 Å². The fourth-order valence-corrected chi connectivity index (χ4v) is 3.14. The molecule has 1 fully saturated rings. The number of nitrogens with one attached hydrogen (secondary N) is 1. The molecule has 2 rings (SSSR count). The van der Waals surface area contributed by atoms with Gasteiger partial charge in [0.2, 0.25) is 5.91 Å². The molecule has 0 radical (unpaired) electrons. The van der Waals surface area contributed by atoms with E-state index in [1.54, 1.807) is 11.3 Å². The van der Waals surface area contributed by atoms with Crippen LogP contribution in [0.25, 0.3) is 0 Å². The summed E-state index contributed by atoms with van der Waals surface area (Å²) in [7, 11) is 0. The summed E-state index contributed by atoms with van der Waals surface area (Å²) in [5, 5.41) is 4.79. The van der Waals surface area contributed by atoms with Gasteiger partial charge in [-0.3, -0.25) is 4.79 Å². The predicted molar refractivity (Wildman–Crippen MR) is 66.4 cm³/mol. The lowest BCUT2D eigenvalue weighted by atomic mass is 10.4. The highest BCUT2D eigenvalue weighted by Gasteiger charge is 2.56. The Morgan fingerprint density at radius 2 is 2.40 bits per heavy atom. The van der Waals surface area contributed by atoms with Crippen LogP contribution in [0.1, 0.15) is 11.3 Å².